The second-order valence-corrected chi connectivity index (χ2v) is 6.04. The van der Waals surface area contributed by atoms with Crippen LogP contribution in [0.4, 0.5) is 0 Å². The summed E-state index contributed by atoms with van der Waals surface area (Å²) >= 11 is 0. The first-order valence-corrected chi connectivity index (χ1v) is 7.12. The van der Waals surface area contributed by atoms with Gasteiger partial charge in [0.2, 0.25) is 0 Å². The van der Waals surface area contributed by atoms with Crippen molar-refractivity contribution in [1.82, 2.24) is 18.7 Å². The molecule has 0 unspecified atom stereocenters. The van der Waals surface area contributed by atoms with Gasteiger partial charge in [-0.3, -0.25) is 4.68 Å². The number of imidazole rings is 1. The van der Waals surface area contributed by atoms with Gasteiger partial charge < -0.3 is 0 Å². The van der Waals surface area contributed by atoms with Gasteiger partial charge in [0.1, 0.15) is 11.2 Å². The smallest absolute Gasteiger partial charge is 0.272 e. The molecule has 0 N–H and O–H groups in total. The van der Waals surface area contributed by atoms with Crippen LogP contribution >= 0.6 is 0 Å². The molecule has 0 amide bonds. The zero-order valence-corrected chi connectivity index (χ0v) is 11.3. The Morgan fingerprint density at radius 1 is 1.21 bits per heavy atom. The summed E-state index contributed by atoms with van der Waals surface area (Å²) in [6.07, 6.45) is 2.69. The Kier molecular flexibility index (Phi) is 2.46. The van der Waals surface area contributed by atoms with Crippen LogP contribution in [0.2, 0.25) is 0 Å². The minimum absolute atomic E-state index is 0.193. The van der Waals surface area contributed by atoms with Gasteiger partial charge in [-0.1, -0.05) is 12.1 Å². The monoisotopic (exact) mass is 276 g/mol. The van der Waals surface area contributed by atoms with Crippen molar-refractivity contribution in [3.8, 4) is 0 Å². The second-order valence-electron chi connectivity index (χ2n) is 4.25. The van der Waals surface area contributed by atoms with E-state index in [0.717, 1.165) is 0 Å². The van der Waals surface area contributed by atoms with E-state index in [1.165, 1.54) is 21.2 Å². The van der Waals surface area contributed by atoms with E-state index in [-0.39, 0.29) is 4.90 Å². The molecule has 0 aliphatic carbocycles. The lowest BCUT2D eigenvalue weighted by atomic mass is 10.3. The predicted octanol–water partition coefficient (Wildman–Crippen LogP) is 1.32. The van der Waals surface area contributed by atoms with Crippen LogP contribution in [0.3, 0.4) is 0 Å². The SMILES string of the molecule is Cc1c(S(=O)(=O)n2cnc3ccccc32)cnn1C. The maximum atomic E-state index is 12.6. The van der Waals surface area contributed by atoms with Gasteiger partial charge in [0.25, 0.3) is 10.0 Å². The average molecular weight is 276 g/mol. The van der Waals surface area contributed by atoms with E-state index < -0.39 is 10.0 Å². The number of aromatic nitrogens is 4. The third-order valence-electron chi connectivity index (χ3n) is 3.15. The highest BCUT2D eigenvalue weighted by atomic mass is 32.2. The Balaban J connectivity index is 2.29. The fourth-order valence-corrected chi connectivity index (χ4v) is 3.45. The summed E-state index contributed by atoms with van der Waals surface area (Å²) in [6, 6.07) is 7.11. The van der Waals surface area contributed by atoms with Gasteiger partial charge in [-0.25, -0.2) is 17.4 Å². The Bertz CT molecular complexity index is 861. The van der Waals surface area contributed by atoms with Crippen LogP contribution in [0.25, 0.3) is 11.0 Å². The molecule has 0 fully saturated rings. The van der Waals surface area contributed by atoms with Crippen LogP contribution in [0, 0.1) is 6.92 Å². The molecule has 2 heterocycles. The summed E-state index contributed by atoms with van der Waals surface area (Å²) in [6.45, 7) is 1.72. The fourth-order valence-electron chi connectivity index (χ4n) is 1.97. The number of nitrogens with zero attached hydrogens (tertiary/aromatic N) is 4. The third kappa shape index (κ3) is 1.66. The van der Waals surface area contributed by atoms with E-state index in [1.54, 1.807) is 32.2 Å². The zero-order chi connectivity index (χ0) is 13.6. The number of para-hydroxylation sites is 2. The Hall–Kier alpha value is -2.15. The summed E-state index contributed by atoms with van der Waals surface area (Å²) < 4.78 is 27.9. The first-order chi connectivity index (χ1) is 9.01. The van der Waals surface area contributed by atoms with Crippen molar-refractivity contribution in [2.45, 2.75) is 11.8 Å². The summed E-state index contributed by atoms with van der Waals surface area (Å²) in [5, 5.41) is 3.98. The standard InChI is InChI=1S/C12H12N4O2S/c1-9-12(7-14-15(9)2)19(17,18)16-8-13-10-5-3-4-6-11(10)16/h3-8H,1-2H3. The van der Waals surface area contributed by atoms with Crippen molar-refractivity contribution in [3.63, 3.8) is 0 Å². The van der Waals surface area contributed by atoms with Gasteiger partial charge >= 0.3 is 0 Å². The van der Waals surface area contributed by atoms with E-state index in [9.17, 15) is 8.42 Å². The maximum Gasteiger partial charge on any atom is 0.272 e. The number of benzene rings is 1. The fraction of sp³-hybridized carbons (Fsp3) is 0.167. The Morgan fingerprint density at radius 2 is 1.95 bits per heavy atom. The molecule has 0 aliphatic rings. The van der Waals surface area contributed by atoms with E-state index in [2.05, 4.69) is 10.1 Å². The van der Waals surface area contributed by atoms with Crippen LogP contribution < -0.4 is 0 Å². The molecule has 0 saturated carbocycles. The minimum Gasteiger partial charge on any atom is -0.272 e. The summed E-state index contributed by atoms with van der Waals surface area (Å²) in [7, 11) is -1.95. The van der Waals surface area contributed by atoms with E-state index in [4.69, 9.17) is 0 Å². The molecule has 0 radical (unpaired) electrons. The number of hydrogen-bond donors (Lipinski definition) is 0. The first kappa shape index (κ1) is 11.9. The molecular weight excluding hydrogens is 264 g/mol. The molecule has 3 rings (SSSR count). The molecule has 0 bridgehead atoms. The van der Waals surface area contributed by atoms with Gasteiger partial charge in [-0.15, -0.1) is 0 Å². The zero-order valence-electron chi connectivity index (χ0n) is 10.5. The molecule has 3 aromatic rings. The molecular formula is C12H12N4O2S. The lowest BCUT2D eigenvalue weighted by molar-refractivity contribution is 0.587. The highest BCUT2D eigenvalue weighted by Gasteiger charge is 2.23. The molecule has 19 heavy (non-hydrogen) atoms. The molecule has 0 saturated heterocycles. The molecule has 6 nitrogen and oxygen atoms in total. The molecule has 7 heteroatoms. The maximum absolute atomic E-state index is 12.6. The molecule has 98 valence electrons. The average Bonchev–Trinajstić information content (AvgIpc) is 2.95. The van der Waals surface area contributed by atoms with Gasteiger partial charge in [-0.05, 0) is 19.1 Å². The Morgan fingerprint density at radius 3 is 2.63 bits per heavy atom. The molecule has 1 aromatic carbocycles. The van der Waals surface area contributed by atoms with Crippen molar-refractivity contribution in [1.29, 1.82) is 0 Å². The van der Waals surface area contributed by atoms with Crippen molar-refractivity contribution in [3.05, 3.63) is 42.5 Å². The number of hydrogen-bond acceptors (Lipinski definition) is 4. The quantitative estimate of drug-likeness (QED) is 0.707. The number of fused-ring (bicyclic) bond motifs is 1. The van der Waals surface area contributed by atoms with Crippen molar-refractivity contribution in [2.24, 2.45) is 7.05 Å². The van der Waals surface area contributed by atoms with Crippen LogP contribution in [0.1, 0.15) is 5.69 Å². The van der Waals surface area contributed by atoms with Crippen molar-refractivity contribution >= 4 is 21.1 Å². The van der Waals surface area contributed by atoms with Crippen LogP contribution in [0.15, 0.2) is 41.7 Å². The van der Waals surface area contributed by atoms with E-state index in [0.29, 0.717) is 16.7 Å². The number of rotatable bonds is 2. The Labute approximate surface area is 110 Å². The molecule has 2 aromatic heterocycles. The van der Waals surface area contributed by atoms with E-state index >= 15 is 0 Å². The lowest BCUT2D eigenvalue weighted by Crippen LogP contribution is -2.12. The van der Waals surface area contributed by atoms with Gasteiger partial charge in [0.05, 0.1) is 22.9 Å². The highest BCUT2D eigenvalue weighted by molar-refractivity contribution is 7.90. The second kappa shape index (κ2) is 3.92. The first-order valence-electron chi connectivity index (χ1n) is 5.68. The summed E-state index contributed by atoms with van der Waals surface area (Å²) in [5.74, 6) is 0. The molecule has 0 atom stereocenters. The summed E-state index contributed by atoms with van der Waals surface area (Å²) in [4.78, 5) is 4.30. The van der Waals surface area contributed by atoms with Gasteiger partial charge in [-0.2, -0.15) is 5.10 Å². The van der Waals surface area contributed by atoms with E-state index in [1.807, 2.05) is 6.07 Å². The largest absolute Gasteiger partial charge is 0.272 e. The van der Waals surface area contributed by atoms with Crippen LogP contribution in [-0.2, 0) is 17.1 Å². The third-order valence-corrected chi connectivity index (χ3v) is 4.91. The van der Waals surface area contributed by atoms with Crippen molar-refractivity contribution in [2.75, 3.05) is 0 Å². The van der Waals surface area contributed by atoms with Gasteiger partial charge in [0, 0.05) is 7.05 Å². The van der Waals surface area contributed by atoms with Gasteiger partial charge in [0.15, 0.2) is 0 Å². The minimum atomic E-state index is -3.66. The predicted molar refractivity (Wildman–Crippen MR) is 70.3 cm³/mol. The molecule has 0 spiro atoms. The molecule has 0 aliphatic heterocycles. The topological polar surface area (TPSA) is 69.8 Å². The lowest BCUT2D eigenvalue weighted by Gasteiger charge is -2.05. The van der Waals surface area contributed by atoms with Crippen LogP contribution in [0.5, 0.6) is 0 Å². The summed E-state index contributed by atoms with van der Waals surface area (Å²) in [5.41, 5.74) is 1.80. The highest BCUT2D eigenvalue weighted by Crippen LogP contribution is 2.21. The van der Waals surface area contributed by atoms with Crippen molar-refractivity contribution < 1.29 is 8.42 Å². The van der Waals surface area contributed by atoms with Crippen LogP contribution in [-0.4, -0.2) is 27.2 Å². The normalized spacial score (nSPS) is 12.1. The number of aryl methyl sites for hydroxylation is 1.